The third-order valence-corrected chi connectivity index (χ3v) is 7.37. The number of nitrogens with zero attached hydrogens (tertiary/aromatic N) is 4. The quantitative estimate of drug-likeness (QED) is 0.241. The highest BCUT2D eigenvalue weighted by Gasteiger charge is 2.18. The third-order valence-electron chi connectivity index (χ3n) is 5.13. The molecule has 3 aromatic carbocycles. The van der Waals surface area contributed by atoms with Crippen LogP contribution in [-0.2, 0) is 0 Å². The lowest BCUT2D eigenvalue weighted by molar-refractivity contribution is 0.414. The molecule has 5 rings (SSSR count). The van der Waals surface area contributed by atoms with Gasteiger partial charge in [0.25, 0.3) is 5.56 Å². The highest BCUT2D eigenvalue weighted by molar-refractivity contribution is 8.02. The van der Waals surface area contributed by atoms with Gasteiger partial charge in [0.2, 0.25) is 5.78 Å². The summed E-state index contributed by atoms with van der Waals surface area (Å²) in [4.78, 5) is 14.0. The van der Waals surface area contributed by atoms with E-state index in [1.807, 2.05) is 40.8 Å². The van der Waals surface area contributed by atoms with E-state index in [-0.39, 0.29) is 11.4 Å². The van der Waals surface area contributed by atoms with Crippen LogP contribution in [0, 0.1) is 5.82 Å². The maximum absolute atomic E-state index is 13.9. The summed E-state index contributed by atoms with van der Waals surface area (Å²) in [5.74, 6) is 2.34. The first-order valence-electron chi connectivity index (χ1n) is 10.2. The van der Waals surface area contributed by atoms with Crippen LogP contribution in [-0.4, -0.2) is 37.8 Å². The summed E-state index contributed by atoms with van der Waals surface area (Å²) in [5, 5.41) is 9.98. The Morgan fingerprint density at radius 3 is 2.42 bits per heavy atom. The lowest BCUT2D eigenvalue weighted by atomic mass is 10.2. The van der Waals surface area contributed by atoms with E-state index in [4.69, 9.17) is 4.74 Å². The molecular weight excluding hydrogens is 459 g/mol. The number of hydrogen-bond acceptors (Lipinski definition) is 6. The van der Waals surface area contributed by atoms with E-state index in [1.165, 1.54) is 29.6 Å². The zero-order chi connectivity index (χ0) is 22.8. The number of hydrogen-bond donors (Lipinski definition) is 0. The maximum Gasteiger partial charge on any atom is 0.267 e. The first kappa shape index (κ1) is 21.5. The topological polar surface area (TPSA) is 61.4 Å². The summed E-state index contributed by atoms with van der Waals surface area (Å²) < 4.78 is 22.6. The Kier molecular flexibility index (Phi) is 6.06. The lowest BCUT2D eigenvalue weighted by Crippen LogP contribution is -2.21. The molecule has 6 nitrogen and oxygen atoms in total. The van der Waals surface area contributed by atoms with Gasteiger partial charge in [0, 0.05) is 16.4 Å². The molecule has 0 aliphatic heterocycles. The fourth-order valence-corrected chi connectivity index (χ4v) is 5.44. The highest BCUT2D eigenvalue weighted by atomic mass is 32.2. The number of methoxy groups -OCH3 is 1. The molecule has 0 unspecified atom stereocenters. The number of rotatable bonds is 7. The monoisotopic (exact) mass is 478 g/mol. The second kappa shape index (κ2) is 9.29. The van der Waals surface area contributed by atoms with E-state index in [2.05, 4.69) is 10.2 Å². The van der Waals surface area contributed by atoms with Crippen LogP contribution in [0.25, 0.3) is 22.4 Å². The summed E-state index contributed by atoms with van der Waals surface area (Å²) in [6.07, 6.45) is 0. The predicted octanol–water partition coefficient (Wildman–Crippen LogP) is 5.07. The summed E-state index contributed by atoms with van der Waals surface area (Å²) in [6.45, 7) is 0. The molecule has 0 saturated heterocycles. The summed E-state index contributed by atoms with van der Waals surface area (Å²) in [7, 11) is 1.60. The fourth-order valence-electron chi connectivity index (χ4n) is 3.58. The molecule has 0 bridgehead atoms. The predicted molar refractivity (Wildman–Crippen MR) is 130 cm³/mol. The average Bonchev–Trinajstić information content (AvgIpc) is 3.27. The van der Waals surface area contributed by atoms with Crippen LogP contribution in [0.3, 0.4) is 0 Å². The van der Waals surface area contributed by atoms with E-state index in [0.29, 0.717) is 44.2 Å². The molecule has 0 amide bonds. The lowest BCUT2D eigenvalue weighted by Gasteiger charge is -2.11. The number of para-hydroxylation sites is 1. The number of thioether (sulfide) groups is 2. The number of fused-ring (bicyclic) bond motifs is 3. The first-order chi connectivity index (χ1) is 16.2. The van der Waals surface area contributed by atoms with Crippen LogP contribution in [0.1, 0.15) is 0 Å². The molecule has 0 N–H and O–H groups in total. The van der Waals surface area contributed by atoms with E-state index in [9.17, 15) is 9.18 Å². The Balaban J connectivity index is 1.52. The normalized spacial score (nSPS) is 11.3. The SMILES string of the molecule is COc1ccc(-n2c(=O)c3ccccc3n3c(SCCSc4ccccc4F)nnc23)cc1. The van der Waals surface area contributed by atoms with Crippen molar-refractivity contribution in [2.24, 2.45) is 0 Å². The number of benzene rings is 3. The minimum atomic E-state index is -0.213. The van der Waals surface area contributed by atoms with E-state index < -0.39 is 0 Å². The molecule has 0 saturated carbocycles. The molecule has 2 heterocycles. The summed E-state index contributed by atoms with van der Waals surface area (Å²) in [5.41, 5.74) is 1.26. The molecular formula is C24H19FN4O2S2. The minimum absolute atomic E-state index is 0.165. The number of halogens is 1. The molecule has 0 radical (unpaired) electrons. The molecule has 0 aliphatic rings. The molecule has 0 atom stereocenters. The second-order valence-electron chi connectivity index (χ2n) is 7.10. The fraction of sp³-hybridized carbons (Fsp3) is 0.125. The standard InChI is InChI=1S/C24H19FN4O2S2/c1-31-17-12-10-16(11-13-17)28-22(30)18-6-2-4-8-20(18)29-23(28)26-27-24(29)33-15-14-32-21-9-5-3-7-19(21)25/h2-13H,14-15H2,1H3. The number of aromatic nitrogens is 4. The van der Waals surface area contributed by atoms with Crippen molar-refractivity contribution in [1.82, 2.24) is 19.2 Å². The molecule has 5 aromatic rings. The Morgan fingerprint density at radius 2 is 1.64 bits per heavy atom. The molecule has 0 fully saturated rings. The Morgan fingerprint density at radius 1 is 0.909 bits per heavy atom. The zero-order valence-electron chi connectivity index (χ0n) is 17.6. The van der Waals surface area contributed by atoms with Gasteiger partial charge in [0.1, 0.15) is 11.6 Å². The van der Waals surface area contributed by atoms with Gasteiger partial charge in [-0.1, -0.05) is 36.0 Å². The van der Waals surface area contributed by atoms with Crippen molar-refractivity contribution in [2.75, 3.05) is 18.6 Å². The Hall–Kier alpha value is -3.30. The summed E-state index contributed by atoms with van der Waals surface area (Å²) in [6, 6.07) is 21.4. The van der Waals surface area contributed by atoms with Gasteiger partial charge in [-0.2, -0.15) is 0 Å². The Labute approximate surface area is 197 Å². The molecule has 9 heteroatoms. The maximum atomic E-state index is 13.9. The second-order valence-corrected chi connectivity index (χ2v) is 9.30. The van der Waals surface area contributed by atoms with Gasteiger partial charge in [-0.25, -0.2) is 8.96 Å². The van der Waals surface area contributed by atoms with Crippen molar-refractivity contribution in [3.63, 3.8) is 0 Å². The molecule has 166 valence electrons. The van der Waals surface area contributed by atoms with Crippen molar-refractivity contribution in [2.45, 2.75) is 10.1 Å². The van der Waals surface area contributed by atoms with E-state index in [1.54, 1.807) is 42.0 Å². The van der Waals surface area contributed by atoms with Crippen molar-refractivity contribution in [1.29, 1.82) is 0 Å². The van der Waals surface area contributed by atoms with Crippen LogP contribution in [0.4, 0.5) is 4.39 Å². The first-order valence-corrected chi connectivity index (χ1v) is 12.2. The van der Waals surface area contributed by atoms with Gasteiger partial charge in [0.15, 0.2) is 5.16 Å². The van der Waals surface area contributed by atoms with Gasteiger partial charge < -0.3 is 4.74 Å². The van der Waals surface area contributed by atoms with Crippen LogP contribution >= 0.6 is 23.5 Å². The third kappa shape index (κ3) is 4.09. The van der Waals surface area contributed by atoms with Crippen LogP contribution in [0.5, 0.6) is 5.75 Å². The van der Waals surface area contributed by atoms with Crippen LogP contribution < -0.4 is 10.3 Å². The zero-order valence-corrected chi connectivity index (χ0v) is 19.3. The van der Waals surface area contributed by atoms with Gasteiger partial charge >= 0.3 is 0 Å². The van der Waals surface area contributed by atoms with Gasteiger partial charge in [0.05, 0.1) is 23.7 Å². The van der Waals surface area contributed by atoms with Crippen LogP contribution in [0.2, 0.25) is 0 Å². The van der Waals surface area contributed by atoms with Crippen molar-refractivity contribution in [3.05, 3.63) is 89.0 Å². The average molecular weight is 479 g/mol. The van der Waals surface area contributed by atoms with Crippen LogP contribution in [0.15, 0.2) is 87.6 Å². The molecule has 0 spiro atoms. The van der Waals surface area contributed by atoms with Crippen molar-refractivity contribution >= 4 is 40.2 Å². The van der Waals surface area contributed by atoms with Crippen molar-refractivity contribution < 1.29 is 9.13 Å². The largest absolute Gasteiger partial charge is 0.497 e. The van der Waals surface area contributed by atoms with Gasteiger partial charge in [-0.3, -0.25) is 9.20 Å². The summed E-state index contributed by atoms with van der Waals surface area (Å²) >= 11 is 2.99. The minimum Gasteiger partial charge on any atom is -0.497 e. The Bertz CT molecular complexity index is 1500. The van der Waals surface area contributed by atoms with E-state index >= 15 is 0 Å². The smallest absolute Gasteiger partial charge is 0.267 e. The van der Waals surface area contributed by atoms with Crippen molar-refractivity contribution in [3.8, 4) is 11.4 Å². The number of ether oxygens (including phenoxy) is 1. The highest BCUT2D eigenvalue weighted by Crippen LogP contribution is 2.27. The van der Waals surface area contributed by atoms with Gasteiger partial charge in [-0.15, -0.1) is 22.0 Å². The van der Waals surface area contributed by atoms with E-state index in [0.717, 1.165) is 5.52 Å². The van der Waals surface area contributed by atoms with Gasteiger partial charge in [-0.05, 0) is 48.5 Å². The molecule has 0 aliphatic carbocycles. The molecule has 2 aromatic heterocycles. The molecule has 33 heavy (non-hydrogen) atoms.